The molecule has 0 bridgehead atoms. The van der Waals surface area contributed by atoms with Crippen molar-refractivity contribution >= 4 is 21.5 Å². The average Bonchev–Trinajstić information content (AvgIpc) is 2.61. The number of sulfone groups is 1. The van der Waals surface area contributed by atoms with Gasteiger partial charge in [-0.3, -0.25) is 4.99 Å². The van der Waals surface area contributed by atoms with Crippen molar-refractivity contribution in [1.82, 2.24) is 10.2 Å². The molecule has 0 aliphatic carbocycles. The number of hydrogen-bond donors (Lipinski definition) is 1. The molecule has 6 nitrogen and oxygen atoms in total. The van der Waals surface area contributed by atoms with E-state index in [1.165, 1.54) is 12.1 Å². The van der Waals surface area contributed by atoms with E-state index in [1.807, 2.05) is 6.92 Å². The molecule has 0 radical (unpaired) electrons. The lowest BCUT2D eigenvalue weighted by molar-refractivity contribution is 0.373. The minimum atomic E-state index is -3.18. The van der Waals surface area contributed by atoms with Crippen molar-refractivity contribution in [3.63, 3.8) is 0 Å². The molecule has 1 aliphatic heterocycles. The second-order valence-corrected chi connectivity index (χ2v) is 10.5. The average molecular weight is 399 g/mol. The molecule has 1 aromatic rings. The van der Waals surface area contributed by atoms with Crippen LogP contribution >= 0.6 is 0 Å². The Morgan fingerprint density at radius 1 is 1.15 bits per heavy atom. The van der Waals surface area contributed by atoms with Crippen molar-refractivity contribution in [1.29, 1.82) is 0 Å². The predicted molar refractivity (Wildman–Crippen MR) is 110 cm³/mol. The highest BCUT2D eigenvalue weighted by atomic mass is 32.2. The molecule has 0 spiro atoms. The number of hydrogen-bond acceptors (Lipinski definition) is 4. The molecule has 1 heterocycles. The molecule has 2 rings (SSSR count). The van der Waals surface area contributed by atoms with Crippen molar-refractivity contribution in [2.75, 3.05) is 49.9 Å². The lowest BCUT2D eigenvalue weighted by Crippen LogP contribution is -2.52. The summed E-state index contributed by atoms with van der Waals surface area (Å²) in [6, 6.07) is 6.54. The summed E-state index contributed by atoms with van der Waals surface area (Å²) in [5.74, 6) is 0.561. The summed E-state index contributed by atoms with van der Waals surface area (Å²) in [5.41, 5.74) is 1.01. The fourth-order valence-corrected chi connectivity index (χ4v) is 3.78. The normalized spacial score (nSPS) is 16.6. The standard InChI is InChI=1S/C19H31FN4O2S/c1-5-21-18(22-10-15-27(25,26)19(2,3)4)24-13-11-23(12-14-24)17-8-6-16(20)7-9-17/h6-9H,5,10-15H2,1-4H3,(H,21,22). The molecule has 0 unspecified atom stereocenters. The second kappa shape index (κ2) is 8.91. The Balaban J connectivity index is 1.96. The van der Waals surface area contributed by atoms with Gasteiger partial charge in [0.2, 0.25) is 0 Å². The molecule has 27 heavy (non-hydrogen) atoms. The van der Waals surface area contributed by atoms with Gasteiger partial charge in [-0.1, -0.05) is 0 Å². The number of halogens is 1. The number of piperazine rings is 1. The Labute approximate surface area is 162 Å². The van der Waals surface area contributed by atoms with E-state index in [2.05, 4.69) is 20.1 Å². The SMILES string of the molecule is CCNC(=NCCS(=O)(=O)C(C)(C)C)N1CCN(c2ccc(F)cc2)CC1. The third kappa shape index (κ3) is 5.82. The molecule has 8 heteroatoms. The first-order valence-electron chi connectivity index (χ1n) is 9.40. The van der Waals surface area contributed by atoms with Gasteiger partial charge in [0.15, 0.2) is 15.8 Å². The van der Waals surface area contributed by atoms with Crippen LogP contribution in [0.15, 0.2) is 29.3 Å². The van der Waals surface area contributed by atoms with Gasteiger partial charge in [0.25, 0.3) is 0 Å². The van der Waals surface area contributed by atoms with Crippen LogP contribution in [0.2, 0.25) is 0 Å². The van der Waals surface area contributed by atoms with Gasteiger partial charge in [-0.25, -0.2) is 12.8 Å². The minimum absolute atomic E-state index is 0.0426. The lowest BCUT2D eigenvalue weighted by atomic mass is 10.2. The van der Waals surface area contributed by atoms with Gasteiger partial charge < -0.3 is 15.1 Å². The van der Waals surface area contributed by atoms with Gasteiger partial charge in [0.1, 0.15) is 5.82 Å². The van der Waals surface area contributed by atoms with Crippen molar-refractivity contribution in [3.8, 4) is 0 Å². The quantitative estimate of drug-likeness (QED) is 0.608. The third-order valence-corrected chi connectivity index (χ3v) is 7.25. The number of aliphatic imine (C=N–C) groups is 1. The largest absolute Gasteiger partial charge is 0.368 e. The molecule has 1 saturated heterocycles. The lowest BCUT2D eigenvalue weighted by Gasteiger charge is -2.37. The summed E-state index contributed by atoms with van der Waals surface area (Å²) in [4.78, 5) is 8.89. The summed E-state index contributed by atoms with van der Waals surface area (Å²) >= 11 is 0. The topological polar surface area (TPSA) is 65.0 Å². The Morgan fingerprint density at radius 3 is 2.26 bits per heavy atom. The van der Waals surface area contributed by atoms with Crippen LogP contribution in [0.25, 0.3) is 0 Å². The number of rotatable bonds is 5. The van der Waals surface area contributed by atoms with Gasteiger partial charge in [0.05, 0.1) is 17.0 Å². The molecule has 0 aromatic heterocycles. The van der Waals surface area contributed by atoms with Crippen molar-refractivity contribution in [3.05, 3.63) is 30.1 Å². The van der Waals surface area contributed by atoms with Crippen LogP contribution in [-0.2, 0) is 9.84 Å². The summed E-state index contributed by atoms with van der Waals surface area (Å²) in [5, 5.41) is 3.25. The van der Waals surface area contributed by atoms with E-state index < -0.39 is 14.6 Å². The van der Waals surface area contributed by atoms with Crippen LogP contribution in [-0.4, -0.2) is 69.0 Å². The minimum Gasteiger partial charge on any atom is -0.368 e. The van der Waals surface area contributed by atoms with Crippen molar-refractivity contribution < 1.29 is 12.8 Å². The second-order valence-electron chi connectivity index (χ2n) is 7.62. The van der Waals surface area contributed by atoms with Gasteiger partial charge in [-0.05, 0) is 52.0 Å². The van der Waals surface area contributed by atoms with Crippen molar-refractivity contribution in [2.45, 2.75) is 32.4 Å². The van der Waals surface area contributed by atoms with Crippen LogP contribution < -0.4 is 10.2 Å². The third-order valence-electron chi connectivity index (χ3n) is 4.66. The van der Waals surface area contributed by atoms with Crippen LogP contribution in [0, 0.1) is 5.82 Å². The zero-order valence-corrected chi connectivity index (χ0v) is 17.5. The molecule has 1 N–H and O–H groups in total. The number of anilines is 1. The van der Waals surface area contributed by atoms with E-state index >= 15 is 0 Å². The Bertz CT molecular complexity index is 734. The van der Waals surface area contributed by atoms with E-state index in [0.29, 0.717) is 0 Å². The van der Waals surface area contributed by atoms with E-state index in [9.17, 15) is 12.8 Å². The fraction of sp³-hybridized carbons (Fsp3) is 0.632. The molecule has 1 aliphatic rings. The summed E-state index contributed by atoms with van der Waals surface area (Å²) < 4.78 is 36.8. The molecular weight excluding hydrogens is 367 g/mol. The van der Waals surface area contributed by atoms with E-state index in [-0.39, 0.29) is 18.1 Å². The van der Waals surface area contributed by atoms with Crippen LogP contribution in [0.4, 0.5) is 10.1 Å². The molecule has 152 valence electrons. The fourth-order valence-electron chi connectivity index (χ4n) is 2.83. The van der Waals surface area contributed by atoms with Gasteiger partial charge >= 0.3 is 0 Å². The van der Waals surface area contributed by atoms with Crippen LogP contribution in [0.3, 0.4) is 0 Å². The molecule has 0 atom stereocenters. The first-order chi connectivity index (χ1) is 12.6. The van der Waals surface area contributed by atoms with E-state index in [0.717, 1.165) is 44.4 Å². The van der Waals surface area contributed by atoms with Gasteiger partial charge in [0, 0.05) is 38.4 Å². The maximum Gasteiger partial charge on any atom is 0.194 e. The molecule has 0 amide bonds. The van der Waals surface area contributed by atoms with E-state index in [1.54, 1.807) is 32.9 Å². The smallest absolute Gasteiger partial charge is 0.194 e. The zero-order valence-electron chi connectivity index (χ0n) is 16.7. The monoisotopic (exact) mass is 398 g/mol. The highest BCUT2D eigenvalue weighted by Crippen LogP contribution is 2.17. The number of nitrogens with one attached hydrogen (secondary N) is 1. The summed E-state index contributed by atoms with van der Waals surface area (Å²) in [7, 11) is -3.18. The number of nitrogens with zero attached hydrogens (tertiary/aromatic N) is 3. The summed E-state index contributed by atoms with van der Waals surface area (Å²) in [6.07, 6.45) is 0. The highest BCUT2D eigenvalue weighted by Gasteiger charge is 2.28. The Morgan fingerprint density at radius 2 is 1.74 bits per heavy atom. The zero-order chi connectivity index (χ0) is 20.1. The summed E-state index contributed by atoms with van der Waals surface area (Å²) in [6.45, 7) is 11.3. The van der Waals surface area contributed by atoms with E-state index in [4.69, 9.17) is 0 Å². The highest BCUT2D eigenvalue weighted by molar-refractivity contribution is 7.92. The van der Waals surface area contributed by atoms with Gasteiger partial charge in [-0.15, -0.1) is 0 Å². The first kappa shape index (κ1) is 21.5. The molecule has 0 saturated carbocycles. The van der Waals surface area contributed by atoms with Gasteiger partial charge in [-0.2, -0.15) is 0 Å². The molecular formula is C19H31FN4O2S. The number of benzene rings is 1. The molecule has 1 fully saturated rings. The Kier molecular flexibility index (Phi) is 7.08. The maximum atomic E-state index is 13.1. The first-order valence-corrected chi connectivity index (χ1v) is 11.1. The Hall–Kier alpha value is -1.83. The van der Waals surface area contributed by atoms with Crippen molar-refractivity contribution in [2.24, 2.45) is 4.99 Å². The molecule has 1 aromatic carbocycles. The predicted octanol–water partition coefficient (Wildman–Crippen LogP) is 2.13. The maximum absolute atomic E-state index is 13.1. The number of guanidine groups is 1. The van der Waals surface area contributed by atoms with Crippen LogP contribution in [0.1, 0.15) is 27.7 Å². The van der Waals surface area contributed by atoms with Crippen LogP contribution in [0.5, 0.6) is 0 Å².